The van der Waals surface area contributed by atoms with Crippen molar-refractivity contribution in [1.82, 2.24) is 5.43 Å². The van der Waals surface area contributed by atoms with E-state index in [1.807, 2.05) is 6.92 Å². The van der Waals surface area contributed by atoms with Crippen LogP contribution in [0.5, 0.6) is 0 Å². The second-order valence-electron chi connectivity index (χ2n) is 5.97. The van der Waals surface area contributed by atoms with Crippen LogP contribution >= 0.6 is 11.6 Å². The first-order chi connectivity index (χ1) is 9.18. The number of hydrazone groups is 1. The smallest absolute Gasteiger partial charge is 0.243 e. The fraction of sp³-hybridized carbons (Fsp3) is 0.867. The number of nitrogens with zero attached hydrogens (tertiary/aromatic N) is 1. The van der Waals surface area contributed by atoms with Crippen molar-refractivity contribution in [2.24, 2.45) is 16.9 Å². The fourth-order valence-electron chi connectivity index (χ4n) is 3.24. The van der Waals surface area contributed by atoms with E-state index in [2.05, 4.69) is 10.5 Å². The van der Waals surface area contributed by atoms with Crippen LogP contribution in [0.2, 0.25) is 0 Å². The van der Waals surface area contributed by atoms with E-state index < -0.39 is 0 Å². The van der Waals surface area contributed by atoms with Crippen LogP contribution in [-0.4, -0.2) is 17.0 Å². The van der Waals surface area contributed by atoms with E-state index in [0.29, 0.717) is 5.92 Å². The summed E-state index contributed by atoms with van der Waals surface area (Å²) >= 11 is 6.35. The number of hydrogen-bond donors (Lipinski definition) is 1. The minimum Gasteiger partial charge on any atom is -0.273 e. The summed E-state index contributed by atoms with van der Waals surface area (Å²) in [6, 6.07) is 0. The average Bonchev–Trinajstić information content (AvgIpc) is 2.46. The Morgan fingerprint density at radius 3 is 2.37 bits per heavy atom. The van der Waals surface area contributed by atoms with Crippen LogP contribution in [-0.2, 0) is 4.79 Å². The largest absolute Gasteiger partial charge is 0.273 e. The lowest BCUT2D eigenvalue weighted by atomic mass is 9.86. The van der Waals surface area contributed by atoms with E-state index in [9.17, 15) is 4.79 Å². The standard InChI is InChI=1S/C15H25ClN2O/c1-11(13-9-5-6-10-14(13)16)17-18-15(19)12-7-3-2-4-8-12/h12-14H,2-10H2,1H3,(H,18,19)/b17-11-. The molecule has 2 unspecified atom stereocenters. The van der Waals surface area contributed by atoms with Crippen LogP contribution in [0.4, 0.5) is 0 Å². The summed E-state index contributed by atoms with van der Waals surface area (Å²) in [7, 11) is 0. The lowest BCUT2D eigenvalue weighted by molar-refractivity contribution is -0.125. The van der Waals surface area contributed by atoms with Gasteiger partial charge in [0.1, 0.15) is 0 Å². The molecule has 2 aliphatic carbocycles. The van der Waals surface area contributed by atoms with E-state index in [1.54, 1.807) is 0 Å². The minimum absolute atomic E-state index is 0.0981. The summed E-state index contributed by atoms with van der Waals surface area (Å²) in [6.07, 6.45) is 10.2. The summed E-state index contributed by atoms with van der Waals surface area (Å²) in [5, 5.41) is 4.49. The summed E-state index contributed by atoms with van der Waals surface area (Å²) in [5.74, 6) is 0.603. The summed E-state index contributed by atoms with van der Waals surface area (Å²) in [4.78, 5) is 12.0. The van der Waals surface area contributed by atoms with Gasteiger partial charge in [0.2, 0.25) is 5.91 Å². The van der Waals surface area contributed by atoms with Crippen molar-refractivity contribution in [3.63, 3.8) is 0 Å². The van der Waals surface area contributed by atoms with Gasteiger partial charge in [0.05, 0.1) is 0 Å². The molecule has 2 aliphatic rings. The van der Waals surface area contributed by atoms with Crippen molar-refractivity contribution in [2.75, 3.05) is 0 Å². The van der Waals surface area contributed by atoms with Gasteiger partial charge in [-0.25, -0.2) is 5.43 Å². The molecule has 19 heavy (non-hydrogen) atoms. The Morgan fingerprint density at radius 1 is 1.05 bits per heavy atom. The second-order valence-corrected chi connectivity index (χ2v) is 6.53. The van der Waals surface area contributed by atoms with Crippen LogP contribution in [0.1, 0.15) is 64.7 Å². The Labute approximate surface area is 121 Å². The van der Waals surface area contributed by atoms with E-state index in [1.165, 1.54) is 32.1 Å². The number of rotatable bonds is 3. The van der Waals surface area contributed by atoms with Gasteiger partial charge in [0.15, 0.2) is 0 Å². The molecule has 1 amide bonds. The normalized spacial score (nSPS) is 30.1. The fourth-order valence-corrected chi connectivity index (χ4v) is 3.70. The van der Waals surface area contributed by atoms with Gasteiger partial charge < -0.3 is 0 Å². The van der Waals surface area contributed by atoms with Gasteiger partial charge in [-0.2, -0.15) is 5.10 Å². The molecule has 2 atom stereocenters. The molecule has 0 heterocycles. The molecule has 4 heteroatoms. The number of hydrogen-bond acceptors (Lipinski definition) is 2. The van der Waals surface area contributed by atoms with E-state index in [4.69, 9.17) is 11.6 Å². The number of alkyl halides is 1. The minimum atomic E-state index is 0.0981. The predicted octanol–water partition coefficient (Wildman–Crippen LogP) is 3.86. The molecule has 0 aromatic carbocycles. The third-order valence-electron chi connectivity index (χ3n) is 4.54. The monoisotopic (exact) mass is 284 g/mol. The zero-order valence-electron chi connectivity index (χ0n) is 11.8. The number of nitrogens with one attached hydrogen (secondary N) is 1. The SMILES string of the molecule is C/C(=N/NC(=O)C1CCCCC1)C1CCCCC1Cl. The van der Waals surface area contributed by atoms with Crippen molar-refractivity contribution in [3.8, 4) is 0 Å². The lowest BCUT2D eigenvalue weighted by Crippen LogP contribution is -2.32. The zero-order valence-corrected chi connectivity index (χ0v) is 12.6. The molecule has 1 N–H and O–H groups in total. The van der Waals surface area contributed by atoms with Gasteiger partial charge >= 0.3 is 0 Å². The highest BCUT2D eigenvalue weighted by Crippen LogP contribution is 2.29. The second kappa shape index (κ2) is 7.28. The van der Waals surface area contributed by atoms with Gasteiger partial charge in [0.25, 0.3) is 0 Å². The van der Waals surface area contributed by atoms with Gasteiger partial charge in [0, 0.05) is 22.9 Å². The highest BCUT2D eigenvalue weighted by Gasteiger charge is 2.26. The molecule has 0 aliphatic heterocycles. The van der Waals surface area contributed by atoms with Crippen LogP contribution < -0.4 is 5.43 Å². The van der Waals surface area contributed by atoms with E-state index in [-0.39, 0.29) is 17.2 Å². The van der Waals surface area contributed by atoms with Crippen molar-refractivity contribution >= 4 is 23.2 Å². The number of carbonyl (C=O) groups excluding carboxylic acids is 1. The van der Waals surface area contributed by atoms with Crippen LogP contribution in [0.3, 0.4) is 0 Å². The Balaban J connectivity index is 1.84. The number of halogens is 1. The Kier molecular flexibility index (Phi) is 5.68. The molecule has 2 fully saturated rings. The molecule has 0 aromatic rings. The van der Waals surface area contributed by atoms with Crippen LogP contribution in [0.15, 0.2) is 5.10 Å². The summed E-state index contributed by atoms with van der Waals surface area (Å²) in [5.41, 5.74) is 3.75. The van der Waals surface area contributed by atoms with Gasteiger partial charge in [-0.1, -0.05) is 32.1 Å². The topological polar surface area (TPSA) is 41.5 Å². The maximum atomic E-state index is 12.0. The zero-order chi connectivity index (χ0) is 13.7. The average molecular weight is 285 g/mol. The molecule has 2 rings (SSSR count). The quantitative estimate of drug-likeness (QED) is 0.477. The first-order valence-corrected chi connectivity index (χ1v) is 8.10. The van der Waals surface area contributed by atoms with Crippen molar-refractivity contribution in [1.29, 1.82) is 0 Å². The van der Waals surface area contributed by atoms with Gasteiger partial charge in [-0.3, -0.25) is 4.79 Å². The molecular weight excluding hydrogens is 260 g/mol. The van der Waals surface area contributed by atoms with E-state index in [0.717, 1.165) is 31.4 Å². The summed E-state index contributed by atoms with van der Waals surface area (Å²) in [6.45, 7) is 1.99. The lowest BCUT2D eigenvalue weighted by Gasteiger charge is -2.27. The predicted molar refractivity (Wildman–Crippen MR) is 79.4 cm³/mol. The molecule has 2 saturated carbocycles. The third kappa shape index (κ3) is 4.20. The van der Waals surface area contributed by atoms with Gasteiger partial charge in [-0.15, -0.1) is 11.6 Å². The van der Waals surface area contributed by atoms with Crippen LogP contribution in [0, 0.1) is 11.8 Å². The van der Waals surface area contributed by atoms with Crippen molar-refractivity contribution < 1.29 is 4.79 Å². The molecule has 0 bridgehead atoms. The first kappa shape index (κ1) is 14.8. The highest BCUT2D eigenvalue weighted by atomic mass is 35.5. The van der Waals surface area contributed by atoms with Crippen molar-refractivity contribution in [3.05, 3.63) is 0 Å². The molecule has 108 valence electrons. The third-order valence-corrected chi connectivity index (χ3v) is 5.06. The Bertz CT molecular complexity index is 337. The highest BCUT2D eigenvalue weighted by molar-refractivity contribution is 6.22. The van der Waals surface area contributed by atoms with E-state index >= 15 is 0 Å². The van der Waals surface area contributed by atoms with Crippen LogP contribution in [0.25, 0.3) is 0 Å². The maximum Gasteiger partial charge on any atom is 0.243 e. The summed E-state index contributed by atoms with van der Waals surface area (Å²) < 4.78 is 0. The molecule has 3 nitrogen and oxygen atoms in total. The number of carbonyl (C=O) groups is 1. The molecule has 0 saturated heterocycles. The molecule has 0 aromatic heterocycles. The Hall–Kier alpha value is -0.570. The molecule has 0 radical (unpaired) electrons. The molecular formula is C15H25ClN2O. The first-order valence-electron chi connectivity index (χ1n) is 7.66. The Morgan fingerprint density at radius 2 is 1.68 bits per heavy atom. The van der Waals surface area contributed by atoms with Gasteiger partial charge in [-0.05, 0) is 32.6 Å². The maximum absolute atomic E-state index is 12.0. The molecule has 0 spiro atoms. The van der Waals surface area contributed by atoms with Crippen molar-refractivity contribution in [2.45, 2.75) is 70.1 Å². The number of amides is 1.